The van der Waals surface area contributed by atoms with Gasteiger partial charge in [0.15, 0.2) is 12.1 Å². The average Bonchev–Trinajstić information content (AvgIpc) is 2.73. The van der Waals surface area contributed by atoms with Crippen molar-refractivity contribution in [2.45, 2.75) is 18.4 Å². The van der Waals surface area contributed by atoms with E-state index in [-0.39, 0.29) is 42.1 Å². The Morgan fingerprint density at radius 1 is 1.25 bits per heavy atom. The minimum absolute atomic E-state index is 0. The molecule has 1 atom stereocenters. The first-order chi connectivity index (χ1) is 14.7. The van der Waals surface area contributed by atoms with Gasteiger partial charge in [0, 0.05) is 11.3 Å². The van der Waals surface area contributed by atoms with Gasteiger partial charge in [0.25, 0.3) is 18.8 Å². The summed E-state index contributed by atoms with van der Waals surface area (Å²) in [7, 11) is 0. The Labute approximate surface area is 184 Å². The largest absolute Gasteiger partial charge is 0.470 e. The maximum absolute atomic E-state index is 14.4. The number of benzene rings is 1. The molecule has 1 amide bonds. The molecule has 1 aromatic heterocycles. The fourth-order valence-corrected chi connectivity index (χ4v) is 2.79. The maximum atomic E-state index is 14.4. The van der Waals surface area contributed by atoms with Gasteiger partial charge in [-0.25, -0.2) is 31.9 Å². The number of halogens is 6. The lowest BCUT2D eigenvalue weighted by Crippen LogP contribution is -2.45. The van der Waals surface area contributed by atoms with Crippen molar-refractivity contribution >= 4 is 29.8 Å². The lowest BCUT2D eigenvalue weighted by Gasteiger charge is -2.33. The van der Waals surface area contributed by atoms with Crippen molar-refractivity contribution in [3.05, 3.63) is 47.7 Å². The quantitative estimate of drug-likeness (QED) is 0.588. The maximum Gasteiger partial charge on any atom is 0.275 e. The van der Waals surface area contributed by atoms with Crippen LogP contribution in [0.15, 0.2) is 35.6 Å². The summed E-state index contributed by atoms with van der Waals surface area (Å²) in [6, 6.07) is 3.04. The van der Waals surface area contributed by atoms with E-state index in [1.165, 1.54) is 0 Å². The number of carbonyl (C=O) groups excluding carboxylic acids is 1. The second-order valence-corrected chi connectivity index (χ2v) is 6.41. The van der Waals surface area contributed by atoms with Gasteiger partial charge < -0.3 is 20.5 Å². The Bertz CT molecular complexity index is 980. The summed E-state index contributed by atoms with van der Waals surface area (Å²) in [6.45, 7) is -1.66. The number of aliphatic imine (C=N–C) groups is 1. The molecule has 2 aromatic rings. The first-order valence-corrected chi connectivity index (χ1v) is 8.76. The summed E-state index contributed by atoms with van der Waals surface area (Å²) in [5.74, 6) is -2.22. The molecule has 0 saturated carbocycles. The Kier molecular flexibility index (Phi) is 8.27. The molecule has 14 heteroatoms. The number of carbonyl (C=O) groups is 1. The average molecular weight is 482 g/mol. The van der Waals surface area contributed by atoms with Crippen molar-refractivity contribution in [3.8, 4) is 5.88 Å². The molecule has 0 unspecified atom stereocenters. The molecular weight excluding hydrogens is 465 g/mol. The predicted octanol–water partition coefficient (Wildman–Crippen LogP) is 2.78. The molecule has 8 nitrogen and oxygen atoms in total. The molecule has 1 aliphatic rings. The lowest BCUT2D eigenvalue weighted by atomic mass is 9.90. The molecule has 0 aliphatic carbocycles. The number of ether oxygens (including phenoxy) is 2. The molecule has 2 heterocycles. The molecule has 0 saturated heterocycles. The monoisotopic (exact) mass is 481 g/mol. The van der Waals surface area contributed by atoms with Gasteiger partial charge in [-0.05, 0) is 18.2 Å². The van der Waals surface area contributed by atoms with E-state index in [0.717, 1.165) is 30.6 Å². The topological polar surface area (TPSA) is 112 Å². The molecule has 0 fully saturated rings. The second-order valence-electron chi connectivity index (χ2n) is 6.41. The number of amidine groups is 1. The van der Waals surface area contributed by atoms with Crippen LogP contribution in [-0.2, 0) is 10.3 Å². The van der Waals surface area contributed by atoms with Gasteiger partial charge in [0.05, 0.1) is 19.0 Å². The summed E-state index contributed by atoms with van der Waals surface area (Å²) in [5, 5.41) is 2.37. The highest BCUT2D eigenvalue weighted by molar-refractivity contribution is 6.02. The number of aromatic nitrogens is 2. The van der Waals surface area contributed by atoms with Gasteiger partial charge in [-0.15, -0.1) is 12.4 Å². The number of anilines is 1. The minimum atomic E-state index is -3.14. The summed E-state index contributed by atoms with van der Waals surface area (Å²) in [6.07, 6.45) is -3.90. The standard InChI is InChI=1S/C18H16F5N5O3.ClH/c19-11-2-1-9(3-10(11)18(17(22)23)8-30-7-14(24)28-18)27-16(29)12-4-26-15(5-25-12)31-6-13(20)21;/h1-5,13,17H,6-8H2,(H2,24,28)(H,27,29);1H/t18-;/m0./s1. The zero-order chi connectivity index (χ0) is 22.6. The van der Waals surface area contributed by atoms with Crippen molar-refractivity contribution in [3.63, 3.8) is 0 Å². The number of nitrogens with two attached hydrogens (primary N) is 1. The van der Waals surface area contributed by atoms with Crippen LogP contribution in [0.3, 0.4) is 0 Å². The molecule has 0 spiro atoms. The van der Waals surface area contributed by atoms with E-state index in [4.69, 9.17) is 10.5 Å². The van der Waals surface area contributed by atoms with E-state index >= 15 is 0 Å². The van der Waals surface area contributed by atoms with Crippen LogP contribution in [-0.4, -0.2) is 54.4 Å². The minimum Gasteiger partial charge on any atom is -0.470 e. The van der Waals surface area contributed by atoms with E-state index in [1.54, 1.807) is 0 Å². The molecule has 32 heavy (non-hydrogen) atoms. The molecule has 1 aromatic carbocycles. The van der Waals surface area contributed by atoms with Crippen LogP contribution in [0.4, 0.5) is 27.6 Å². The third-order valence-electron chi connectivity index (χ3n) is 4.18. The van der Waals surface area contributed by atoms with Gasteiger partial charge >= 0.3 is 0 Å². The van der Waals surface area contributed by atoms with Gasteiger partial charge in [-0.1, -0.05) is 0 Å². The molecule has 0 bridgehead atoms. The number of rotatable bonds is 7. The smallest absolute Gasteiger partial charge is 0.275 e. The van der Waals surface area contributed by atoms with Gasteiger partial charge in [0.2, 0.25) is 5.88 Å². The van der Waals surface area contributed by atoms with Crippen LogP contribution < -0.4 is 15.8 Å². The van der Waals surface area contributed by atoms with Gasteiger partial charge in [0.1, 0.15) is 24.0 Å². The number of hydrogen-bond donors (Lipinski definition) is 2. The lowest BCUT2D eigenvalue weighted by molar-refractivity contribution is -0.0145. The normalized spacial score (nSPS) is 18.2. The highest BCUT2D eigenvalue weighted by atomic mass is 35.5. The summed E-state index contributed by atoms with van der Waals surface area (Å²) >= 11 is 0. The molecule has 1 aliphatic heterocycles. The van der Waals surface area contributed by atoms with Crippen molar-refractivity contribution in [1.82, 2.24) is 9.97 Å². The van der Waals surface area contributed by atoms with Crippen molar-refractivity contribution in [1.29, 1.82) is 0 Å². The Morgan fingerprint density at radius 3 is 2.59 bits per heavy atom. The highest BCUT2D eigenvalue weighted by Crippen LogP contribution is 2.38. The SMILES string of the molecule is Cl.NC1=N[C@@](c2cc(NC(=O)c3cnc(OCC(F)F)cn3)ccc2F)(C(F)F)COC1. The zero-order valence-corrected chi connectivity index (χ0v) is 16.9. The second kappa shape index (κ2) is 10.5. The Hall–Kier alpha value is -3.06. The first kappa shape index (κ1) is 25.2. The van der Waals surface area contributed by atoms with Crippen LogP contribution in [0.5, 0.6) is 5.88 Å². The first-order valence-electron chi connectivity index (χ1n) is 8.76. The Morgan fingerprint density at radius 2 is 2.00 bits per heavy atom. The molecular formula is C18H17ClF5N5O3. The molecule has 3 N–H and O–H groups in total. The predicted molar refractivity (Wildman–Crippen MR) is 105 cm³/mol. The number of hydrogen-bond acceptors (Lipinski definition) is 7. The fourth-order valence-electron chi connectivity index (χ4n) is 2.79. The zero-order valence-electron chi connectivity index (χ0n) is 16.1. The van der Waals surface area contributed by atoms with Crippen molar-refractivity contribution in [2.24, 2.45) is 10.7 Å². The highest BCUT2D eigenvalue weighted by Gasteiger charge is 2.46. The van der Waals surface area contributed by atoms with Crippen LogP contribution in [0, 0.1) is 5.82 Å². The molecule has 0 radical (unpaired) electrons. The van der Waals surface area contributed by atoms with E-state index < -0.39 is 48.9 Å². The van der Waals surface area contributed by atoms with Gasteiger partial charge in [-0.2, -0.15) is 0 Å². The number of alkyl halides is 4. The van der Waals surface area contributed by atoms with Crippen LogP contribution in [0.2, 0.25) is 0 Å². The molecule has 3 rings (SSSR count). The number of nitrogens with zero attached hydrogens (tertiary/aromatic N) is 3. The molecule has 174 valence electrons. The number of nitrogens with one attached hydrogen (secondary N) is 1. The fraction of sp³-hybridized carbons (Fsp3) is 0.333. The van der Waals surface area contributed by atoms with Crippen LogP contribution in [0.25, 0.3) is 0 Å². The Balaban J connectivity index is 0.00000363. The van der Waals surface area contributed by atoms with Crippen molar-refractivity contribution in [2.75, 3.05) is 25.1 Å². The third-order valence-corrected chi connectivity index (χ3v) is 4.18. The van der Waals surface area contributed by atoms with E-state index in [2.05, 4.69) is 25.0 Å². The van der Waals surface area contributed by atoms with E-state index in [0.29, 0.717) is 0 Å². The van der Waals surface area contributed by atoms with E-state index in [9.17, 15) is 26.7 Å². The summed E-state index contributed by atoms with van der Waals surface area (Å²) in [5.41, 5.74) is 2.39. The van der Waals surface area contributed by atoms with Crippen LogP contribution >= 0.6 is 12.4 Å². The number of amides is 1. The summed E-state index contributed by atoms with van der Waals surface area (Å²) < 4.78 is 76.1. The van der Waals surface area contributed by atoms with Crippen molar-refractivity contribution < 1.29 is 36.2 Å². The summed E-state index contributed by atoms with van der Waals surface area (Å²) in [4.78, 5) is 23.5. The third kappa shape index (κ3) is 5.59. The van der Waals surface area contributed by atoms with Crippen LogP contribution in [0.1, 0.15) is 16.1 Å². The van der Waals surface area contributed by atoms with Gasteiger partial charge in [-0.3, -0.25) is 9.79 Å². The van der Waals surface area contributed by atoms with E-state index in [1.807, 2.05) is 0 Å².